The number of fused-ring (bicyclic) bond motifs is 2. The molecule has 0 N–H and O–H groups in total. The highest BCUT2D eigenvalue weighted by atomic mass is 35.5. The minimum absolute atomic E-state index is 0.260. The van der Waals surface area contributed by atoms with Crippen LogP contribution in [0.2, 0.25) is 5.02 Å². The smallest absolute Gasteiger partial charge is 0.434 e. The highest BCUT2D eigenvalue weighted by molar-refractivity contribution is 6.37. The average Bonchev–Trinajstić information content (AvgIpc) is 2.81. The van der Waals surface area contributed by atoms with Gasteiger partial charge in [0.15, 0.2) is 11.5 Å². The summed E-state index contributed by atoms with van der Waals surface area (Å²) in [6.07, 6.45) is 3.91. The van der Waals surface area contributed by atoms with Crippen LogP contribution in [0, 0.1) is 0 Å². The van der Waals surface area contributed by atoms with Gasteiger partial charge < -0.3 is 18.9 Å². The monoisotopic (exact) mass is 472 g/mol. The highest BCUT2D eigenvalue weighted by Gasteiger charge is 2.22. The summed E-state index contributed by atoms with van der Waals surface area (Å²) in [4.78, 5) is 24.8. The van der Waals surface area contributed by atoms with E-state index in [2.05, 4.69) is 13.8 Å². The van der Waals surface area contributed by atoms with Crippen LogP contribution in [0.3, 0.4) is 0 Å². The van der Waals surface area contributed by atoms with Gasteiger partial charge in [0.25, 0.3) is 0 Å². The quantitative estimate of drug-likeness (QED) is 0.128. The summed E-state index contributed by atoms with van der Waals surface area (Å²) in [6, 6.07) is 12.4. The molecule has 0 amide bonds. The lowest BCUT2D eigenvalue weighted by atomic mass is 10.0. The summed E-state index contributed by atoms with van der Waals surface area (Å²) in [5, 5.41) is 2.50. The van der Waals surface area contributed by atoms with E-state index in [0.29, 0.717) is 32.3 Å². The van der Waals surface area contributed by atoms with Gasteiger partial charge in [-0.2, -0.15) is 0 Å². The van der Waals surface area contributed by atoms with Gasteiger partial charge in [-0.3, -0.25) is 0 Å². The number of halogens is 1. The summed E-state index contributed by atoms with van der Waals surface area (Å²) >= 11 is 6.51. The fraction of sp³-hybridized carbons (Fsp3) is 0.385. The maximum Gasteiger partial charge on any atom is 0.513 e. The number of unbranched alkanes of at least 4 members (excludes halogenated alkanes) is 4. The van der Waals surface area contributed by atoms with Gasteiger partial charge in [0.2, 0.25) is 0 Å². The van der Waals surface area contributed by atoms with Gasteiger partial charge in [-0.05, 0) is 18.9 Å². The summed E-state index contributed by atoms with van der Waals surface area (Å²) in [7, 11) is 0. The molecule has 0 aromatic heterocycles. The zero-order chi connectivity index (χ0) is 23.6. The van der Waals surface area contributed by atoms with Crippen molar-refractivity contribution in [1.82, 2.24) is 0 Å². The number of carbonyl (C=O) groups excluding carboxylic acids is 2. The molecule has 0 aliphatic rings. The fourth-order valence-corrected chi connectivity index (χ4v) is 3.82. The van der Waals surface area contributed by atoms with Crippen LogP contribution in [0.25, 0.3) is 21.5 Å². The number of hydrogen-bond acceptors (Lipinski definition) is 6. The molecule has 0 heterocycles. The Bertz CT molecular complexity index is 1110. The first-order valence-corrected chi connectivity index (χ1v) is 11.8. The predicted molar refractivity (Wildman–Crippen MR) is 129 cm³/mol. The van der Waals surface area contributed by atoms with Crippen LogP contribution in [-0.4, -0.2) is 25.5 Å². The van der Waals surface area contributed by atoms with Crippen LogP contribution >= 0.6 is 11.6 Å². The molecule has 0 saturated carbocycles. The van der Waals surface area contributed by atoms with E-state index in [-0.39, 0.29) is 19.0 Å². The Labute approximate surface area is 198 Å². The fourth-order valence-electron chi connectivity index (χ4n) is 3.56. The Hall–Kier alpha value is -2.99. The van der Waals surface area contributed by atoms with E-state index >= 15 is 0 Å². The molecule has 0 atom stereocenters. The molecule has 0 fully saturated rings. The molecule has 0 saturated heterocycles. The van der Waals surface area contributed by atoms with E-state index in [4.69, 9.17) is 30.5 Å². The molecule has 7 heteroatoms. The van der Waals surface area contributed by atoms with Gasteiger partial charge in [-0.15, -0.1) is 0 Å². The third-order valence-corrected chi connectivity index (χ3v) is 5.52. The minimum Gasteiger partial charge on any atom is -0.434 e. The van der Waals surface area contributed by atoms with E-state index < -0.39 is 12.3 Å². The first kappa shape index (κ1) is 24.6. The van der Waals surface area contributed by atoms with Crippen molar-refractivity contribution in [2.24, 2.45) is 0 Å². The summed E-state index contributed by atoms with van der Waals surface area (Å²) in [6.45, 7) is 4.71. The van der Waals surface area contributed by atoms with Crippen molar-refractivity contribution in [3.8, 4) is 11.5 Å². The van der Waals surface area contributed by atoms with Crippen molar-refractivity contribution in [3.63, 3.8) is 0 Å². The molecule has 0 aliphatic heterocycles. The molecule has 0 aliphatic carbocycles. The van der Waals surface area contributed by atoms with Gasteiger partial charge in [0.05, 0.1) is 18.2 Å². The van der Waals surface area contributed by atoms with Crippen molar-refractivity contribution < 1.29 is 28.5 Å². The Morgan fingerprint density at radius 3 is 1.79 bits per heavy atom. The van der Waals surface area contributed by atoms with Crippen LogP contribution in [0.4, 0.5) is 9.59 Å². The molecule has 176 valence electrons. The SMILES string of the molecule is CCCCCOC(=O)Oc1c2ccccc2c(OC(=O)OCCCCC)c2c(Cl)cccc12. The van der Waals surface area contributed by atoms with Gasteiger partial charge in [0, 0.05) is 21.5 Å². The molecule has 3 aromatic carbocycles. The van der Waals surface area contributed by atoms with Crippen LogP contribution in [0.5, 0.6) is 11.5 Å². The second-order valence-corrected chi connectivity index (χ2v) is 8.09. The van der Waals surface area contributed by atoms with Crippen molar-refractivity contribution in [1.29, 1.82) is 0 Å². The third-order valence-electron chi connectivity index (χ3n) is 5.21. The minimum atomic E-state index is -0.804. The van der Waals surface area contributed by atoms with E-state index in [1.54, 1.807) is 36.4 Å². The molecule has 0 spiro atoms. The number of rotatable bonds is 10. The molecule has 0 radical (unpaired) electrons. The molecule has 6 nitrogen and oxygen atoms in total. The highest BCUT2D eigenvalue weighted by Crippen LogP contribution is 2.45. The van der Waals surface area contributed by atoms with E-state index in [1.807, 2.05) is 6.07 Å². The summed E-state index contributed by atoms with van der Waals surface area (Å²) in [5.41, 5.74) is 0. The van der Waals surface area contributed by atoms with Crippen molar-refractivity contribution in [3.05, 3.63) is 47.5 Å². The molecule has 0 bridgehead atoms. The topological polar surface area (TPSA) is 71.1 Å². The standard InChI is InChI=1S/C26H29ClO6/c1-3-5-9-16-30-25(28)32-23-18-12-7-8-13-19(18)24(22-20(23)14-11-15-21(22)27)33-26(29)31-17-10-6-4-2/h7-8,11-15H,3-6,9-10,16-17H2,1-2H3. The number of hydrogen-bond donors (Lipinski definition) is 0. The average molecular weight is 473 g/mol. The van der Waals surface area contributed by atoms with Gasteiger partial charge in [-0.1, -0.05) is 87.5 Å². The first-order valence-electron chi connectivity index (χ1n) is 11.4. The predicted octanol–water partition coefficient (Wildman–Crippen LogP) is 8.06. The largest absolute Gasteiger partial charge is 0.513 e. The Kier molecular flexibility index (Phi) is 9.19. The van der Waals surface area contributed by atoms with Gasteiger partial charge >= 0.3 is 12.3 Å². The number of benzene rings is 3. The lowest BCUT2D eigenvalue weighted by Gasteiger charge is -2.17. The zero-order valence-corrected chi connectivity index (χ0v) is 19.8. The Balaban J connectivity index is 1.98. The maximum absolute atomic E-state index is 12.4. The molecular weight excluding hydrogens is 444 g/mol. The van der Waals surface area contributed by atoms with E-state index in [0.717, 1.165) is 38.5 Å². The van der Waals surface area contributed by atoms with Crippen LogP contribution in [0.15, 0.2) is 42.5 Å². The third kappa shape index (κ3) is 6.29. The second-order valence-electron chi connectivity index (χ2n) is 7.68. The van der Waals surface area contributed by atoms with Gasteiger partial charge in [0.1, 0.15) is 0 Å². The second kappa shape index (κ2) is 12.3. The van der Waals surface area contributed by atoms with Crippen molar-refractivity contribution in [2.75, 3.05) is 13.2 Å². The maximum atomic E-state index is 12.4. The molecule has 33 heavy (non-hydrogen) atoms. The Morgan fingerprint density at radius 1 is 0.697 bits per heavy atom. The van der Waals surface area contributed by atoms with Crippen LogP contribution in [0.1, 0.15) is 52.4 Å². The van der Waals surface area contributed by atoms with E-state index in [9.17, 15) is 9.59 Å². The molecule has 0 unspecified atom stereocenters. The normalized spacial score (nSPS) is 10.9. The molecule has 3 aromatic rings. The lowest BCUT2D eigenvalue weighted by molar-refractivity contribution is 0.0966. The van der Waals surface area contributed by atoms with Crippen molar-refractivity contribution >= 4 is 45.5 Å². The van der Waals surface area contributed by atoms with E-state index in [1.165, 1.54) is 0 Å². The summed E-state index contributed by atoms with van der Waals surface area (Å²) < 4.78 is 21.7. The lowest BCUT2D eigenvalue weighted by Crippen LogP contribution is -2.14. The number of carbonyl (C=O) groups is 2. The van der Waals surface area contributed by atoms with Gasteiger partial charge in [-0.25, -0.2) is 9.59 Å². The van der Waals surface area contributed by atoms with Crippen LogP contribution < -0.4 is 9.47 Å². The zero-order valence-electron chi connectivity index (χ0n) is 19.0. The molecule has 3 rings (SSSR count). The Morgan fingerprint density at radius 2 is 1.21 bits per heavy atom. The van der Waals surface area contributed by atoms with Crippen molar-refractivity contribution in [2.45, 2.75) is 52.4 Å². The number of ether oxygens (including phenoxy) is 4. The summed E-state index contributed by atoms with van der Waals surface area (Å²) in [5.74, 6) is 0.558. The molecular formula is C26H29ClO6. The van der Waals surface area contributed by atoms with Crippen LogP contribution in [-0.2, 0) is 9.47 Å². The first-order chi connectivity index (χ1) is 16.1.